The van der Waals surface area contributed by atoms with E-state index < -0.39 is 7.68 Å². The van der Waals surface area contributed by atoms with E-state index in [1.165, 1.54) is 12.8 Å². The summed E-state index contributed by atoms with van der Waals surface area (Å²) in [4.78, 5) is 0. The van der Waals surface area contributed by atoms with Crippen molar-refractivity contribution in [3.05, 3.63) is 0 Å². The van der Waals surface area contributed by atoms with Gasteiger partial charge in [0.1, 0.15) is 0 Å². The van der Waals surface area contributed by atoms with Crippen molar-refractivity contribution >= 4 is 7.68 Å². The van der Waals surface area contributed by atoms with Gasteiger partial charge in [0.05, 0.1) is 6.10 Å². The minimum absolute atomic E-state index is 0.224. The van der Waals surface area contributed by atoms with Crippen LogP contribution in [-0.2, 0) is 9.09 Å². The summed E-state index contributed by atoms with van der Waals surface area (Å²) in [5, 5.41) is 0. The SMILES string of the molecule is CCCCCC[C@H](C)OP(C)(=O)F. The molecule has 0 aromatic rings. The second-order valence-corrected chi connectivity index (χ2v) is 5.22. The van der Waals surface area contributed by atoms with Gasteiger partial charge in [0.15, 0.2) is 0 Å². The molecule has 0 radical (unpaired) electrons. The van der Waals surface area contributed by atoms with E-state index in [0.717, 1.165) is 25.9 Å². The van der Waals surface area contributed by atoms with Gasteiger partial charge < -0.3 is 4.52 Å². The van der Waals surface area contributed by atoms with E-state index in [0.29, 0.717) is 0 Å². The molecule has 0 spiro atoms. The molecule has 2 atom stereocenters. The minimum atomic E-state index is -3.78. The Morgan fingerprint density at radius 2 is 2.00 bits per heavy atom. The number of halogens is 1. The molecule has 4 heteroatoms. The van der Waals surface area contributed by atoms with Gasteiger partial charge in [-0.15, -0.1) is 0 Å². The molecular weight excluding hydrogens is 190 g/mol. The van der Waals surface area contributed by atoms with Gasteiger partial charge in [0, 0.05) is 6.66 Å². The van der Waals surface area contributed by atoms with Crippen molar-refractivity contribution in [2.45, 2.75) is 52.1 Å². The third-order valence-electron chi connectivity index (χ3n) is 1.83. The topological polar surface area (TPSA) is 26.3 Å². The number of rotatable bonds is 7. The Kier molecular flexibility index (Phi) is 6.62. The minimum Gasteiger partial charge on any atom is -0.303 e. The van der Waals surface area contributed by atoms with Gasteiger partial charge in [-0.3, -0.25) is 4.57 Å². The lowest BCUT2D eigenvalue weighted by Gasteiger charge is -2.12. The summed E-state index contributed by atoms with van der Waals surface area (Å²) in [6, 6.07) is 0. The highest BCUT2D eigenvalue weighted by Crippen LogP contribution is 2.45. The predicted octanol–water partition coefficient (Wildman–Crippen LogP) is 4.15. The lowest BCUT2D eigenvalue weighted by Crippen LogP contribution is -2.04. The van der Waals surface area contributed by atoms with Gasteiger partial charge in [0.2, 0.25) is 0 Å². The second kappa shape index (κ2) is 6.56. The normalized spacial score (nSPS) is 18.2. The zero-order chi connectivity index (χ0) is 10.3. The van der Waals surface area contributed by atoms with Crippen molar-refractivity contribution in [3.8, 4) is 0 Å². The maximum absolute atomic E-state index is 12.5. The van der Waals surface area contributed by atoms with Crippen molar-refractivity contribution in [1.29, 1.82) is 0 Å². The molecule has 0 bridgehead atoms. The molecule has 0 fully saturated rings. The van der Waals surface area contributed by atoms with Crippen molar-refractivity contribution in [3.63, 3.8) is 0 Å². The van der Waals surface area contributed by atoms with Gasteiger partial charge in [-0.25, -0.2) is 0 Å². The number of hydrogen-bond donors (Lipinski definition) is 0. The summed E-state index contributed by atoms with van der Waals surface area (Å²) in [5.74, 6) is 0. The zero-order valence-electron chi connectivity index (χ0n) is 8.75. The van der Waals surface area contributed by atoms with Crippen LogP contribution < -0.4 is 0 Å². The van der Waals surface area contributed by atoms with E-state index in [-0.39, 0.29) is 6.10 Å². The summed E-state index contributed by atoms with van der Waals surface area (Å²) >= 11 is 0. The van der Waals surface area contributed by atoms with Gasteiger partial charge in [-0.2, -0.15) is 4.20 Å². The molecular formula is C9H20FO2P. The fraction of sp³-hybridized carbons (Fsp3) is 1.00. The Morgan fingerprint density at radius 1 is 1.38 bits per heavy atom. The Balaban J connectivity index is 3.41. The van der Waals surface area contributed by atoms with Crippen LogP contribution in [0.3, 0.4) is 0 Å². The van der Waals surface area contributed by atoms with Crippen molar-refractivity contribution in [2.75, 3.05) is 6.66 Å². The van der Waals surface area contributed by atoms with Crippen molar-refractivity contribution in [2.24, 2.45) is 0 Å². The lowest BCUT2D eigenvalue weighted by atomic mass is 10.1. The van der Waals surface area contributed by atoms with E-state index in [2.05, 4.69) is 6.92 Å². The fourth-order valence-corrected chi connectivity index (χ4v) is 1.98. The summed E-state index contributed by atoms with van der Waals surface area (Å²) in [6.45, 7) is 4.92. The van der Waals surface area contributed by atoms with Crippen molar-refractivity contribution < 1.29 is 13.3 Å². The molecule has 0 aromatic heterocycles. The van der Waals surface area contributed by atoms with Crippen LogP contribution >= 0.6 is 7.68 Å². The fourth-order valence-electron chi connectivity index (χ4n) is 1.23. The third kappa shape index (κ3) is 10.0. The predicted molar refractivity (Wildman–Crippen MR) is 53.9 cm³/mol. The molecule has 0 amide bonds. The molecule has 0 heterocycles. The maximum Gasteiger partial charge on any atom is 0.364 e. The molecule has 0 saturated carbocycles. The summed E-state index contributed by atoms with van der Waals surface area (Å²) in [5.41, 5.74) is 0. The van der Waals surface area contributed by atoms with Crippen molar-refractivity contribution in [1.82, 2.24) is 0 Å². The van der Waals surface area contributed by atoms with Crippen LogP contribution in [0.15, 0.2) is 0 Å². The smallest absolute Gasteiger partial charge is 0.303 e. The summed E-state index contributed by atoms with van der Waals surface area (Å²) < 4.78 is 27.9. The first-order valence-electron chi connectivity index (χ1n) is 4.91. The molecule has 0 aliphatic carbocycles. The van der Waals surface area contributed by atoms with E-state index in [4.69, 9.17) is 4.52 Å². The third-order valence-corrected chi connectivity index (χ3v) is 2.57. The number of hydrogen-bond acceptors (Lipinski definition) is 2. The maximum atomic E-state index is 12.5. The average molecular weight is 210 g/mol. The van der Waals surface area contributed by atoms with E-state index in [9.17, 15) is 8.76 Å². The van der Waals surface area contributed by atoms with Gasteiger partial charge in [0.25, 0.3) is 0 Å². The Morgan fingerprint density at radius 3 is 2.46 bits per heavy atom. The molecule has 0 aromatic carbocycles. The van der Waals surface area contributed by atoms with Gasteiger partial charge in [-0.1, -0.05) is 32.6 Å². The zero-order valence-corrected chi connectivity index (χ0v) is 9.65. The van der Waals surface area contributed by atoms with Crippen LogP contribution in [0.1, 0.15) is 46.0 Å². The first-order chi connectivity index (χ1) is 5.95. The average Bonchev–Trinajstić information content (AvgIpc) is 1.94. The summed E-state index contributed by atoms with van der Waals surface area (Å²) in [6.07, 6.45) is 5.12. The van der Waals surface area contributed by atoms with Crippen LogP contribution in [0, 0.1) is 0 Å². The highest BCUT2D eigenvalue weighted by Gasteiger charge is 2.17. The molecule has 2 nitrogen and oxygen atoms in total. The molecule has 13 heavy (non-hydrogen) atoms. The van der Waals surface area contributed by atoms with Crippen LogP contribution in [0.2, 0.25) is 0 Å². The Bertz CT molecular complexity index is 167. The molecule has 1 unspecified atom stereocenters. The first kappa shape index (κ1) is 13.1. The molecule has 0 aliphatic heterocycles. The molecule has 0 N–H and O–H groups in total. The van der Waals surface area contributed by atoms with Crippen LogP contribution in [0.4, 0.5) is 4.20 Å². The van der Waals surface area contributed by atoms with Crippen LogP contribution in [0.5, 0.6) is 0 Å². The summed E-state index contributed by atoms with van der Waals surface area (Å²) in [7, 11) is -3.78. The van der Waals surface area contributed by atoms with Crippen LogP contribution in [-0.4, -0.2) is 12.8 Å². The van der Waals surface area contributed by atoms with Gasteiger partial charge >= 0.3 is 7.68 Å². The highest BCUT2D eigenvalue weighted by atomic mass is 31.2. The lowest BCUT2D eigenvalue weighted by molar-refractivity contribution is 0.195. The van der Waals surface area contributed by atoms with E-state index >= 15 is 0 Å². The molecule has 0 saturated heterocycles. The molecule has 0 aliphatic rings. The standard InChI is InChI=1S/C9H20FO2P/c1-4-5-6-7-8-9(2)12-13(3,10)11/h9H,4-8H2,1-3H3/t9-,13?/m0/s1. The number of unbranched alkanes of at least 4 members (excludes halogenated alkanes) is 3. The Hall–Kier alpha value is 0.120. The monoisotopic (exact) mass is 210 g/mol. The Labute approximate surface area is 80.4 Å². The van der Waals surface area contributed by atoms with Gasteiger partial charge in [-0.05, 0) is 13.3 Å². The molecule has 0 rings (SSSR count). The van der Waals surface area contributed by atoms with E-state index in [1.54, 1.807) is 6.92 Å². The highest BCUT2D eigenvalue weighted by molar-refractivity contribution is 7.52. The first-order valence-corrected chi connectivity index (χ1v) is 6.87. The quantitative estimate of drug-likeness (QED) is 0.466. The van der Waals surface area contributed by atoms with Crippen LogP contribution in [0.25, 0.3) is 0 Å². The largest absolute Gasteiger partial charge is 0.364 e. The second-order valence-electron chi connectivity index (χ2n) is 3.51. The van der Waals surface area contributed by atoms with E-state index in [1.807, 2.05) is 0 Å². The molecule has 80 valence electrons.